The van der Waals surface area contributed by atoms with Crippen LogP contribution in [0.1, 0.15) is 22.1 Å². The number of ether oxygens (including phenoxy) is 1. The quantitative estimate of drug-likeness (QED) is 0.106. The maximum absolute atomic E-state index is 12.7. The van der Waals surface area contributed by atoms with Gasteiger partial charge in [-0.15, -0.1) is 0 Å². The van der Waals surface area contributed by atoms with Crippen molar-refractivity contribution in [3.63, 3.8) is 0 Å². The van der Waals surface area contributed by atoms with Crippen molar-refractivity contribution in [2.75, 3.05) is 17.8 Å². The van der Waals surface area contributed by atoms with Gasteiger partial charge in [-0.25, -0.2) is 4.98 Å². The van der Waals surface area contributed by atoms with Gasteiger partial charge in [-0.1, -0.05) is 24.3 Å². The van der Waals surface area contributed by atoms with Crippen LogP contribution >= 0.6 is 26.8 Å². The van der Waals surface area contributed by atoms with Crippen LogP contribution in [0.4, 0.5) is 11.5 Å². The van der Waals surface area contributed by atoms with Crippen LogP contribution < -0.4 is 5.32 Å². The molecule has 4 aromatic rings. The molecule has 3 atom stereocenters. The molecule has 0 saturated heterocycles. The molecule has 6 rings (SSSR count). The van der Waals surface area contributed by atoms with Gasteiger partial charge in [-0.2, -0.15) is 9.97 Å². The number of aromatic nitrogens is 4. The molecule has 0 radical (unpaired) electrons. The minimum absolute atomic E-state index is 0.0706. The Morgan fingerprint density at radius 1 is 1.05 bits per heavy atom. The molecule has 42 heavy (non-hydrogen) atoms. The number of nitrogens with zero attached hydrogens (tertiary/aromatic N) is 4. The first kappa shape index (κ1) is 28.5. The van der Waals surface area contributed by atoms with Crippen LogP contribution in [0.5, 0.6) is 0 Å². The number of halogens is 1. The number of hydrogen-bond acceptors (Lipinski definition) is 11. The lowest BCUT2D eigenvalue weighted by Gasteiger charge is -2.18. The number of carbonyl (C=O) groups is 1. The number of rotatable bonds is 8. The zero-order valence-electron chi connectivity index (χ0n) is 21.0. The summed E-state index contributed by atoms with van der Waals surface area (Å²) in [5, 5.41) is 23.9. The van der Waals surface area contributed by atoms with Gasteiger partial charge in [0.1, 0.15) is 12.9 Å². The van der Waals surface area contributed by atoms with E-state index in [4.69, 9.17) is 26.1 Å². The van der Waals surface area contributed by atoms with E-state index in [1.807, 2.05) is 12.1 Å². The Morgan fingerprint density at radius 3 is 2.50 bits per heavy atom. The monoisotopic (exact) mass is 635 g/mol. The van der Waals surface area contributed by atoms with Crippen LogP contribution in [0.2, 0.25) is 5.28 Å². The molecule has 2 aliphatic rings. The maximum Gasteiger partial charge on any atom is 0.340 e. The summed E-state index contributed by atoms with van der Waals surface area (Å²) in [6.45, 7) is -0.869. The number of aliphatic hydroxyl groups excluding tert-OH is 2. The Kier molecular flexibility index (Phi) is 6.96. The number of hydrogen-bond donors (Lipinski definition) is 6. The van der Waals surface area contributed by atoms with Gasteiger partial charge in [-0.3, -0.25) is 23.0 Å². The van der Waals surface area contributed by atoms with Crippen LogP contribution in [0.25, 0.3) is 22.3 Å². The third-order valence-electron chi connectivity index (χ3n) is 6.52. The molecule has 0 fully saturated rings. The van der Waals surface area contributed by atoms with Crippen molar-refractivity contribution in [2.45, 2.75) is 12.3 Å². The largest absolute Gasteiger partial charge is 0.506 e. The summed E-state index contributed by atoms with van der Waals surface area (Å²) in [6, 6.07) is 12.5. The molecule has 0 spiro atoms. The highest BCUT2D eigenvalue weighted by molar-refractivity contribution is 7.70. The molecule has 3 heterocycles. The number of aliphatic hydroxyl groups is 2. The predicted molar refractivity (Wildman–Crippen MR) is 147 cm³/mol. The lowest BCUT2D eigenvalue weighted by atomic mass is 10.1. The smallest absolute Gasteiger partial charge is 0.340 e. The lowest BCUT2D eigenvalue weighted by molar-refractivity contribution is -0.0112. The maximum atomic E-state index is 12.7. The van der Waals surface area contributed by atoms with Gasteiger partial charge in [-0.05, 0) is 40.9 Å². The molecular weight excluding hydrogens is 616 g/mol. The Labute approximate surface area is 240 Å². The highest BCUT2D eigenvalue weighted by atomic mass is 35.5. The van der Waals surface area contributed by atoms with Crippen LogP contribution in [-0.4, -0.2) is 68.8 Å². The third-order valence-corrected chi connectivity index (χ3v) is 10.1. The molecule has 1 aliphatic heterocycles. The summed E-state index contributed by atoms with van der Waals surface area (Å²) >= 11 is 6.20. The Bertz CT molecular complexity index is 1910. The second-order valence-corrected chi connectivity index (χ2v) is 13.7. The molecule has 6 N–H and O–H groups in total. The number of imidazole rings is 1. The predicted octanol–water partition coefficient (Wildman–Crippen LogP) is 3.43. The summed E-state index contributed by atoms with van der Waals surface area (Å²) < 4.78 is 34.5. The Morgan fingerprint density at radius 2 is 1.76 bits per heavy atom. The number of fused-ring (bicyclic) bond motifs is 4. The summed E-state index contributed by atoms with van der Waals surface area (Å²) in [6.07, 6.45) is -1.82. The standard InChI is InChI=1S/C24H20ClN5O10P2/c25-24-28-21(27-11-5-6-14-15(7-11)12-3-1-2-4-13(12)18(14)31)17-22(29-24)30(9-26-17)23-20(33)19(32)16(40-23)8-39-42(37,38)10-41(34,35)36/h1-7,9,20,23,32-33H,8,10H2,(H,37,38)(H,27,28,29)(H2,34,35,36)/t20?,23-/m1/s1. The van der Waals surface area contributed by atoms with Gasteiger partial charge in [0.2, 0.25) is 11.5 Å². The van der Waals surface area contributed by atoms with E-state index in [0.29, 0.717) is 16.8 Å². The molecule has 0 saturated carbocycles. The first-order chi connectivity index (χ1) is 19.8. The zero-order valence-corrected chi connectivity index (χ0v) is 23.6. The number of nitrogens with one attached hydrogen (secondary N) is 1. The number of anilines is 2. The molecule has 2 aromatic carbocycles. The second kappa shape index (κ2) is 10.3. The number of ketones is 1. The second-order valence-electron chi connectivity index (χ2n) is 9.40. The van der Waals surface area contributed by atoms with Crippen molar-refractivity contribution in [2.24, 2.45) is 0 Å². The van der Waals surface area contributed by atoms with Crippen molar-refractivity contribution in [1.82, 2.24) is 19.5 Å². The molecule has 0 bridgehead atoms. The first-order valence-electron chi connectivity index (χ1n) is 12.0. The van der Waals surface area contributed by atoms with Gasteiger partial charge in [0.25, 0.3) is 0 Å². The van der Waals surface area contributed by atoms with Gasteiger partial charge in [0.05, 0.1) is 0 Å². The summed E-state index contributed by atoms with van der Waals surface area (Å²) in [5.41, 5.74) is 3.59. The topological polar surface area (TPSA) is 226 Å². The average Bonchev–Trinajstić information content (AvgIpc) is 3.54. The fourth-order valence-corrected chi connectivity index (χ4v) is 7.40. The van der Waals surface area contributed by atoms with E-state index >= 15 is 0 Å². The van der Waals surface area contributed by atoms with E-state index in [2.05, 4.69) is 24.8 Å². The highest BCUT2D eigenvalue weighted by Gasteiger charge is 2.40. The SMILES string of the molecule is O=C1c2ccccc2-c2cc(Nc3nc(Cl)nc4c3ncn4[C@@H]3OC(COP(=O)(O)CP(=O)(O)O)=C(O)C3O)ccc21. The van der Waals surface area contributed by atoms with Gasteiger partial charge >= 0.3 is 15.2 Å². The molecule has 2 aromatic heterocycles. The first-order valence-corrected chi connectivity index (χ1v) is 16.0. The van der Waals surface area contributed by atoms with E-state index in [1.165, 1.54) is 10.9 Å². The summed E-state index contributed by atoms with van der Waals surface area (Å²) in [4.78, 5) is 53.0. The molecule has 0 amide bonds. The summed E-state index contributed by atoms with van der Waals surface area (Å²) in [5.74, 6) is -2.50. The van der Waals surface area contributed by atoms with Crippen molar-refractivity contribution in [1.29, 1.82) is 0 Å². The van der Waals surface area contributed by atoms with Crippen molar-refractivity contribution in [3.8, 4) is 11.1 Å². The van der Waals surface area contributed by atoms with Gasteiger partial charge in [0, 0.05) is 16.8 Å². The van der Waals surface area contributed by atoms with E-state index < -0.39 is 51.6 Å². The van der Waals surface area contributed by atoms with E-state index in [-0.39, 0.29) is 28.0 Å². The van der Waals surface area contributed by atoms with E-state index in [1.54, 1.807) is 30.3 Å². The molecule has 218 valence electrons. The average molecular weight is 636 g/mol. The normalized spacial score (nSPS) is 19.5. The fraction of sp³-hybridized carbons (Fsp3) is 0.167. The molecular formula is C24H20ClN5O10P2. The minimum Gasteiger partial charge on any atom is -0.506 e. The minimum atomic E-state index is -4.88. The van der Waals surface area contributed by atoms with Crippen LogP contribution in [0.3, 0.4) is 0 Å². The molecule has 2 unspecified atom stereocenters. The summed E-state index contributed by atoms with van der Waals surface area (Å²) in [7, 11) is -9.64. The van der Waals surface area contributed by atoms with Crippen molar-refractivity contribution >= 4 is 55.2 Å². The van der Waals surface area contributed by atoms with Crippen LogP contribution in [0.15, 0.2) is 60.3 Å². The third kappa shape index (κ3) is 5.21. The molecule has 1 aliphatic carbocycles. The zero-order chi connectivity index (χ0) is 30.0. The molecule has 18 heteroatoms. The number of carbonyl (C=O) groups excluding carboxylic acids is 1. The van der Waals surface area contributed by atoms with Crippen molar-refractivity contribution < 1.29 is 48.1 Å². The van der Waals surface area contributed by atoms with Crippen LogP contribution in [0, 0.1) is 0 Å². The van der Waals surface area contributed by atoms with Crippen molar-refractivity contribution in [3.05, 3.63) is 76.7 Å². The lowest BCUT2D eigenvalue weighted by Crippen LogP contribution is -2.22. The number of benzene rings is 2. The Balaban J connectivity index is 1.26. The highest BCUT2D eigenvalue weighted by Crippen LogP contribution is 2.55. The van der Waals surface area contributed by atoms with E-state index in [9.17, 15) is 29.0 Å². The van der Waals surface area contributed by atoms with Crippen LogP contribution in [-0.2, 0) is 18.4 Å². The Hall–Kier alpha value is -3.65. The molecule has 15 nitrogen and oxygen atoms in total. The van der Waals surface area contributed by atoms with Gasteiger partial charge in [0.15, 0.2) is 46.3 Å². The van der Waals surface area contributed by atoms with E-state index in [0.717, 1.165) is 11.1 Å². The fourth-order valence-electron chi connectivity index (χ4n) is 4.72. The van der Waals surface area contributed by atoms with Gasteiger partial charge < -0.3 is 34.9 Å².